The van der Waals surface area contributed by atoms with Crippen molar-refractivity contribution in [1.29, 1.82) is 0 Å². The Balaban J connectivity index is 4.67. The van der Waals surface area contributed by atoms with Gasteiger partial charge < -0.3 is 19.8 Å². The van der Waals surface area contributed by atoms with Crippen LogP contribution in [0.4, 0.5) is 0 Å². The lowest BCUT2D eigenvalue weighted by Gasteiger charge is -2.41. The van der Waals surface area contributed by atoms with Crippen molar-refractivity contribution >= 4 is 7.32 Å². The van der Waals surface area contributed by atoms with E-state index in [-0.39, 0.29) is 0 Å². The van der Waals surface area contributed by atoms with E-state index in [9.17, 15) is 5.11 Å². The van der Waals surface area contributed by atoms with Crippen molar-refractivity contribution in [3.8, 4) is 0 Å². The Morgan fingerprint density at radius 1 is 1.21 bits per heavy atom. The molecule has 0 aromatic heterocycles. The number of aliphatic hydroxyl groups is 1. The van der Waals surface area contributed by atoms with Crippen LogP contribution in [-0.2, 0) is 4.65 Å². The summed E-state index contributed by atoms with van der Waals surface area (Å²) in [6, 6.07) is 0. The number of hydrogen-bond acceptors (Lipinski definition) is 4. The quantitative estimate of drug-likeness (QED) is 0.572. The first kappa shape index (κ1) is 13.9. The summed E-state index contributed by atoms with van der Waals surface area (Å²) < 4.78 is 4.97. The van der Waals surface area contributed by atoms with E-state index in [1.807, 2.05) is 13.8 Å². The van der Waals surface area contributed by atoms with E-state index in [0.29, 0.717) is 12.3 Å². The van der Waals surface area contributed by atoms with E-state index in [0.717, 1.165) is 0 Å². The molecule has 14 heavy (non-hydrogen) atoms. The van der Waals surface area contributed by atoms with Crippen molar-refractivity contribution in [3.05, 3.63) is 0 Å². The predicted molar refractivity (Wildman–Crippen MR) is 55.4 cm³/mol. The van der Waals surface area contributed by atoms with Gasteiger partial charge in [-0.15, -0.1) is 0 Å². The molecule has 0 saturated carbocycles. The molecule has 84 valence electrons. The third-order valence-corrected chi connectivity index (χ3v) is 2.46. The first-order valence-corrected chi connectivity index (χ1v) is 4.85. The molecule has 0 amide bonds. The Hall–Kier alpha value is -0.0951. The summed E-state index contributed by atoms with van der Waals surface area (Å²) >= 11 is 0. The molecule has 0 bridgehead atoms. The summed E-state index contributed by atoms with van der Waals surface area (Å²) in [5.74, 6) is 0.296. The van der Waals surface area contributed by atoms with Gasteiger partial charge in [-0.05, 0) is 33.1 Å². The maximum Gasteiger partial charge on any atom is 0.634 e. The first-order valence-electron chi connectivity index (χ1n) is 4.85. The fourth-order valence-corrected chi connectivity index (χ4v) is 1.45. The maximum absolute atomic E-state index is 9.89. The monoisotopic (exact) mass is 204 g/mol. The Bertz CT molecular complexity index is 164. The Morgan fingerprint density at radius 2 is 1.64 bits per heavy atom. The van der Waals surface area contributed by atoms with E-state index in [1.54, 1.807) is 20.8 Å². The molecule has 0 aromatic carbocycles. The Morgan fingerprint density at radius 3 is 1.86 bits per heavy atom. The van der Waals surface area contributed by atoms with Gasteiger partial charge in [-0.25, -0.2) is 0 Å². The van der Waals surface area contributed by atoms with Crippen LogP contribution < -0.4 is 0 Å². The Kier molecular flexibility index (Phi) is 4.58. The average molecular weight is 204 g/mol. The molecular weight excluding hydrogens is 183 g/mol. The highest BCUT2D eigenvalue weighted by Gasteiger charge is 2.43. The van der Waals surface area contributed by atoms with E-state index >= 15 is 0 Å². The zero-order chi connectivity index (χ0) is 11.6. The molecule has 3 N–H and O–H groups in total. The highest BCUT2D eigenvalue weighted by Crippen LogP contribution is 2.32. The van der Waals surface area contributed by atoms with Crippen molar-refractivity contribution in [2.24, 2.45) is 5.92 Å². The molecule has 4 nitrogen and oxygen atoms in total. The van der Waals surface area contributed by atoms with Gasteiger partial charge >= 0.3 is 7.32 Å². The fourth-order valence-electron chi connectivity index (χ4n) is 1.45. The van der Waals surface area contributed by atoms with Crippen LogP contribution in [0.5, 0.6) is 0 Å². The van der Waals surface area contributed by atoms with Crippen molar-refractivity contribution in [3.63, 3.8) is 0 Å². The molecule has 0 saturated heterocycles. The van der Waals surface area contributed by atoms with Crippen LogP contribution in [0.2, 0.25) is 0 Å². The molecule has 5 heteroatoms. The van der Waals surface area contributed by atoms with Gasteiger partial charge in [-0.3, -0.25) is 0 Å². The standard InChI is InChI=1S/C9H21BO4/c1-7(2)6-9(5,8(3,4)11)14-10(12)13/h7,11-13H,6H2,1-5H3. The fraction of sp³-hybridized carbons (Fsp3) is 1.00. The zero-order valence-electron chi connectivity index (χ0n) is 9.61. The van der Waals surface area contributed by atoms with E-state index in [4.69, 9.17) is 14.7 Å². The summed E-state index contributed by atoms with van der Waals surface area (Å²) in [6.07, 6.45) is 0.550. The summed E-state index contributed by atoms with van der Waals surface area (Å²) in [6.45, 7) is 8.83. The highest BCUT2D eigenvalue weighted by atomic mass is 16.6. The minimum atomic E-state index is -1.86. The van der Waals surface area contributed by atoms with Crippen LogP contribution in [0.25, 0.3) is 0 Å². The van der Waals surface area contributed by atoms with E-state index in [2.05, 4.69) is 0 Å². The molecule has 0 spiro atoms. The van der Waals surface area contributed by atoms with Crippen LogP contribution >= 0.6 is 0 Å². The first-order chi connectivity index (χ1) is 6.08. The predicted octanol–water partition coefficient (Wildman–Crippen LogP) is 0.548. The molecule has 1 unspecified atom stereocenters. The number of hydrogen-bond donors (Lipinski definition) is 3. The second kappa shape index (κ2) is 4.62. The lowest BCUT2D eigenvalue weighted by Crippen LogP contribution is -2.53. The minimum Gasteiger partial charge on any atom is -0.402 e. The molecule has 1 atom stereocenters. The minimum absolute atomic E-state index is 0.296. The van der Waals surface area contributed by atoms with Gasteiger partial charge in [-0.2, -0.15) is 0 Å². The molecule has 0 aliphatic rings. The summed E-state index contributed by atoms with van der Waals surface area (Å²) in [7, 11) is -1.86. The summed E-state index contributed by atoms with van der Waals surface area (Å²) in [5, 5.41) is 27.5. The lowest BCUT2D eigenvalue weighted by atomic mass is 9.80. The van der Waals surface area contributed by atoms with Crippen LogP contribution in [0.15, 0.2) is 0 Å². The van der Waals surface area contributed by atoms with E-state index < -0.39 is 18.5 Å². The smallest absolute Gasteiger partial charge is 0.402 e. The molecular formula is C9H21BO4. The third-order valence-electron chi connectivity index (χ3n) is 2.46. The second-order valence-electron chi connectivity index (χ2n) is 4.83. The largest absolute Gasteiger partial charge is 0.634 e. The Labute approximate surface area is 86.1 Å². The van der Waals surface area contributed by atoms with Crippen molar-refractivity contribution < 1.29 is 19.8 Å². The normalized spacial score (nSPS) is 16.9. The van der Waals surface area contributed by atoms with Gasteiger partial charge in [0.25, 0.3) is 0 Å². The van der Waals surface area contributed by atoms with E-state index in [1.165, 1.54) is 0 Å². The summed E-state index contributed by atoms with van der Waals surface area (Å²) in [4.78, 5) is 0. The van der Waals surface area contributed by atoms with Crippen LogP contribution in [-0.4, -0.2) is 33.7 Å². The molecule has 0 aromatic rings. The van der Waals surface area contributed by atoms with Gasteiger partial charge in [-0.1, -0.05) is 13.8 Å². The summed E-state index contributed by atoms with van der Waals surface area (Å²) in [5.41, 5.74) is -2.09. The van der Waals surface area contributed by atoms with Crippen LogP contribution in [0.1, 0.15) is 41.0 Å². The van der Waals surface area contributed by atoms with Crippen molar-refractivity contribution in [2.75, 3.05) is 0 Å². The average Bonchev–Trinajstić information content (AvgIpc) is 1.78. The van der Waals surface area contributed by atoms with Crippen LogP contribution in [0.3, 0.4) is 0 Å². The van der Waals surface area contributed by atoms with Gasteiger partial charge in [0, 0.05) is 0 Å². The molecule has 0 heterocycles. The maximum atomic E-state index is 9.89. The zero-order valence-corrected chi connectivity index (χ0v) is 9.61. The van der Waals surface area contributed by atoms with Crippen LogP contribution in [0, 0.1) is 5.92 Å². The van der Waals surface area contributed by atoms with Gasteiger partial charge in [0.15, 0.2) is 0 Å². The van der Waals surface area contributed by atoms with Crippen molar-refractivity contribution in [2.45, 2.75) is 52.2 Å². The molecule has 0 aliphatic carbocycles. The van der Waals surface area contributed by atoms with Gasteiger partial charge in [0.05, 0.1) is 11.2 Å². The molecule has 0 radical (unpaired) electrons. The number of rotatable bonds is 5. The SMILES string of the molecule is CC(C)CC(C)(OB(O)O)C(C)(C)O. The lowest BCUT2D eigenvalue weighted by molar-refractivity contribution is -0.129. The topological polar surface area (TPSA) is 69.9 Å². The second-order valence-corrected chi connectivity index (χ2v) is 4.83. The molecule has 0 fully saturated rings. The third kappa shape index (κ3) is 3.96. The highest BCUT2D eigenvalue weighted by molar-refractivity contribution is 6.32. The van der Waals surface area contributed by atoms with Crippen molar-refractivity contribution in [1.82, 2.24) is 0 Å². The van der Waals surface area contributed by atoms with Gasteiger partial charge in [0.1, 0.15) is 0 Å². The van der Waals surface area contributed by atoms with Gasteiger partial charge in [0.2, 0.25) is 0 Å². The molecule has 0 aliphatic heterocycles. The molecule has 0 rings (SSSR count).